The first-order valence-corrected chi connectivity index (χ1v) is 8.37. The first kappa shape index (κ1) is 17.2. The molecule has 5 nitrogen and oxygen atoms in total. The van der Waals surface area contributed by atoms with Crippen molar-refractivity contribution in [2.75, 3.05) is 26.4 Å². The lowest BCUT2D eigenvalue weighted by Crippen LogP contribution is -2.25. The van der Waals surface area contributed by atoms with E-state index < -0.39 is 10.0 Å². The summed E-state index contributed by atoms with van der Waals surface area (Å²) in [7, 11) is -3.55. The van der Waals surface area contributed by atoms with Gasteiger partial charge in [-0.1, -0.05) is 11.6 Å². The molecule has 20 heavy (non-hydrogen) atoms. The van der Waals surface area contributed by atoms with Crippen molar-refractivity contribution in [3.63, 3.8) is 0 Å². The van der Waals surface area contributed by atoms with Gasteiger partial charge in [-0.2, -0.15) is 0 Å². The molecule has 0 heterocycles. The van der Waals surface area contributed by atoms with E-state index in [1.807, 2.05) is 13.8 Å². The molecule has 1 aromatic carbocycles. The summed E-state index contributed by atoms with van der Waals surface area (Å²) in [6, 6.07) is 4.42. The van der Waals surface area contributed by atoms with E-state index in [0.717, 1.165) is 0 Å². The lowest BCUT2D eigenvalue weighted by Gasteiger charge is -2.09. The smallest absolute Gasteiger partial charge is 0.240 e. The normalized spacial score (nSPS) is 11.6. The summed E-state index contributed by atoms with van der Waals surface area (Å²) in [5, 5.41) is 0.282. The molecule has 0 bridgehead atoms. The molecule has 114 valence electrons. The van der Waals surface area contributed by atoms with E-state index in [9.17, 15) is 8.42 Å². The Balaban J connectivity index is 2.65. The number of halogens is 1. The fourth-order valence-electron chi connectivity index (χ4n) is 1.53. The van der Waals surface area contributed by atoms with Crippen LogP contribution >= 0.6 is 11.6 Å². The van der Waals surface area contributed by atoms with E-state index in [1.165, 1.54) is 12.1 Å². The Hall–Kier alpha value is -0.820. The summed E-state index contributed by atoms with van der Waals surface area (Å²) >= 11 is 5.98. The van der Waals surface area contributed by atoms with E-state index in [-0.39, 0.29) is 9.92 Å². The summed E-state index contributed by atoms with van der Waals surface area (Å²) in [6.07, 6.45) is 0.623. The molecule has 0 aliphatic rings. The minimum Gasteiger partial charge on any atom is -0.492 e. The molecule has 0 fully saturated rings. The van der Waals surface area contributed by atoms with E-state index in [2.05, 4.69) is 4.72 Å². The minimum absolute atomic E-state index is 0.127. The predicted octanol–water partition coefficient (Wildman–Crippen LogP) is 2.44. The lowest BCUT2D eigenvalue weighted by molar-refractivity contribution is 0.146. The molecule has 0 saturated carbocycles. The van der Waals surface area contributed by atoms with E-state index in [0.29, 0.717) is 38.5 Å². The highest BCUT2D eigenvalue weighted by molar-refractivity contribution is 7.89. The fourth-order valence-corrected chi connectivity index (χ4v) is 2.93. The second kappa shape index (κ2) is 8.46. The van der Waals surface area contributed by atoms with Gasteiger partial charge < -0.3 is 9.47 Å². The largest absolute Gasteiger partial charge is 0.492 e. The molecule has 1 rings (SSSR count). The number of hydrogen-bond acceptors (Lipinski definition) is 4. The zero-order valence-electron chi connectivity index (χ0n) is 11.7. The maximum Gasteiger partial charge on any atom is 0.240 e. The molecule has 0 radical (unpaired) electrons. The Morgan fingerprint density at radius 2 is 2.00 bits per heavy atom. The zero-order chi connectivity index (χ0) is 15.0. The quantitative estimate of drug-likeness (QED) is 0.710. The minimum atomic E-state index is -3.55. The van der Waals surface area contributed by atoms with Crippen LogP contribution < -0.4 is 9.46 Å². The van der Waals surface area contributed by atoms with Crippen LogP contribution in [0.3, 0.4) is 0 Å². The van der Waals surface area contributed by atoms with Crippen molar-refractivity contribution >= 4 is 21.6 Å². The average Bonchev–Trinajstić information content (AvgIpc) is 2.41. The van der Waals surface area contributed by atoms with E-state index in [1.54, 1.807) is 6.07 Å². The van der Waals surface area contributed by atoms with Crippen LogP contribution in [0.1, 0.15) is 20.3 Å². The SMILES string of the molecule is CCOCCCNS(=O)(=O)c1ccc(OCC)c(Cl)c1. The molecule has 0 spiro atoms. The number of ether oxygens (including phenoxy) is 2. The maximum absolute atomic E-state index is 12.0. The third-order valence-corrected chi connectivity index (χ3v) is 4.23. The molecule has 0 saturated heterocycles. The molecular formula is C13H20ClNO4S. The molecule has 7 heteroatoms. The molecule has 0 unspecified atom stereocenters. The van der Waals surface area contributed by atoms with Crippen molar-refractivity contribution in [1.29, 1.82) is 0 Å². The summed E-state index contributed by atoms with van der Waals surface area (Å²) in [5.74, 6) is 0.476. The molecule has 1 aromatic rings. The van der Waals surface area contributed by atoms with Gasteiger partial charge in [-0.25, -0.2) is 13.1 Å². The van der Waals surface area contributed by atoms with Crippen molar-refractivity contribution in [3.8, 4) is 5.75 Å². The van der Waals surface area contributed by atoms with Crippen LogP contribution in [0.4, 0.5) is 0 Å². The number of nitrogens with one attached hydrogen (secondary N) is 1. The van der Waals surface area contributed by atoms with Crippen molar-refractivity contribution in [2.45, 2.75) is 25.2 Å². The van der Waals surface area contributed by atoms with Crippen molar-refractivity contribution < 1.29 is 17.9 Å². The summed E-state index contributed by atoms with van der Waals surface area (Å²) in [4.78, 5) is 0.127. The number of sulfonamides is 1. The number of benzene rings is 1. The van der Waals surface area contributed by atoms with E-state index >= 15 is 0 Å². The average molecular weight is 322 g/mol. The van der Waals surface area contributed by atoms with Gasteiger partial charge in [0.15, 0.2) is 0 Å². The highest BCUT2D eigenvalue weighted by Crippen LogP contribution is 2.27. The molecule has 0 aliphatic heterocycles. The van der Waals surface area contributed by atoms with Crippen molar-refractivity contribution in [1.82, 2.24) is 4.72 Å². The standard InChI is InChI=1S/C13H20ClNO4S/c1-3-18-9-5-8-15-20(16,17)11-6-7-13(19-4-2)12(14)10-11/h6-7,10,15H,3-5,8-9H2,1-2H3. The number of rotatable bonds is 9. The Morgan fingerprint density at radius 3 is 2.60 bits per heavy atom. The van der Waals surface area contributed by atoms with Crippen LogP contribution in [-0.4, -0.2) is 34.8 Å². The Labute approximate surface area is 125 Å². The predicted molar refractivity (Wildman–Crippen MR) is 78.9 cm³/mol. The van der Waals surface area contributed by atoms with Gasteiger partial charge in [0.25, 0.3) is 0 Å². The summed E-state index contributed by atoms with van der Waals surface area (Å²) in [6.45, 7) is 5.69. The van der Waals surface area contributed by atoms with Crippen molar-refractivity contribution in [3.05, 3.63) is 23.2 Å². The Morgan fingerprint density at radius 1 is 1.25 bits per heavy atom. The van der Waals surface area contributed by atoms with Gasteiger partial charge in [0.05, 0.1) is 16.5 Å². The first-order valence-electron chi connectivity index (χ1n) is 6.51. The highest BCUT2D eigenvalue weighted by atomic mass is 35.5. The second-order valence-electron chi connectivity index (χ2n) is 3.97. The summed E-state index contributed by atoms with van der Waals surface area (Å²) < 4.78 is 37.0. The van der Waals surface area contributed by atoms with Gasteiger partial charge >= 0.3 is 0 Å². The van der Waals surface area contributed by atoms with Gasteiger partial charge in [-0.05, 0) is 38.5 Å². The topological polar surface area (TPSA) is 64.6 Å². The molecular weight excluding hydrogens is 302 g/mol. The third-order valence-electron chi connectivity index (χ3n) is 2.48. The monoisotopic (exact) mass is 321 g/mol. The van der Waals surface area contributed by atoms with Crippen LogP contribution in [0.15, 0.2) is 23.1 Å². The zero-order valence-corrected chi connectivity index (χ0v) is 13.3. The van der Waals surface area contributed by atoms with Gasteiger partial charge in [-0.3, -0.25) is 0 Å². The van der Waals surface area contributed by atoms with Crippen LogP contribution in [0.2, 0.25) is 5.02 Å². The van der Waals surface area contributed by atoms with Gasteiger partial charge in [0.2, 0.25) is 10.0 Å². The van der Waals surface area contributed by atoms with Gasteiger partial charge in [0, 0.05) is 19.8 Å². The van der Waals surface area contributed by atoms with Crippen LogP contribution in [0.5, 0.6) is 5.75 Å². The van der Waals surface area contributed by atoms with Crippen LogP contribution in [-0.2, 0) is 14.8 Å². The third kappa shape index (κ3) is 5.28. The number of hydrogen-bond donors (Lipinski definition) is 1. The van der Waals surface area contributed by atoms with Gasteiger partial charge in [-0.15, -0.1) is 0 Å². The van der Waals surface area contributed by atoms with Crippen LogP contribution in [0.25, 0.3) is 0 Å². The Kier molecular flexibility index (Phi) is 7.29. The summed E-state index contributed by atoms with van der Waals surface area (Å²) in [5.41, 5.74) is 0. The first-order chi connectivity index (χ1) is 9.51. The molecule has 0 aromatic heterocycles. The van der Waals surface area contributed by atoms with Gasteiger partial charge in [0.1, 0.15) is 5.75 Å². The molecule has 0 atom stereocenters. The molecule has 0 amide bonds. The van der Waals surface area contributed by atoms with Crippen LogP contribution in [0, 0.1) is 0 Å². The maximum atomic E-state index is 12.0. The Bertz CT molecular complexity index is 519. The lowest BCUT2D eigenvalue weighted by atomic mass is 10.3. The molecule has 0 aliphatic carbocycles. The second-order valence-corrected chi connectivity index (χ2v) is 6.15. The van der Waals surface area contributed by atoms with Crippen molar-refractivity contribution in [2.24, 2.45) is 0 Å². The fraction of sp³-hybridized carbons (Fsp3) is 0.538. The van der Waals surface area contributed by atoms with E-state index in [4.69, 9.17) is 21.1 Å². The molecule has 1 N–H and O–H groups in total. The highest BCUT2D eigenvalue weighted by Gasteiger charge is 2.15.